The number of esters is 4. The Morgan fingerprint density at radius 3 is 0.840 bits per heavy atom. The molecule has 0 aliphatic rings. The summed E-state index contributed by atoms with van der Waals surface area (Å²) in [6.07, 6.45) is 36.7. The Labute approximate surface area is 492 Å². The molecule has 0 bridgehead atoms. The van der Waals surface area contributed by atoms with Crippen molar-refractivity contribution in [2.45, 2.75) is 323 Å². The lowest BCUT2D eigenvalue weighted by Gasteiger charge is -2.21. The second-order valence-corrected chi connectivity index (χ2v) is 26.3. The molecule has 0 aromatic heterocycles. The minimum atomic E-state index is -4.94. The van der Waals surface area contributed by atoms with Gasteiger partial charge in [0, 0.05) is 25.7 Å². The smallest absolute Gasteiger partial charge is 0.462 e. The summed E-state index contributed by atoms with van der Waals surface area (Å²) in [7, 11) is -9.87. The molecule has 0 spiro atoms. The Hall–Kier alpha value is -1.94. The molecule has 0 aromatic carbocycles. The van der Waals surface area contributed by atoms with Gasteiger partial charge in [-0.15, -0.1) is 0 Å². The average molecular weight is 1200 g/mol. The molecule has 0 aliphatic carbocycles. The van der Waals surface area contributed by atoms with Gasteiger partial charge in [0.2, 0.25) is 0 Å². The van der Waals surface area contributed by atoms with Crippen LogP contribution in [-0.2, 0) is 65.4 Å². The van der Waals surface area contributed by atoms with Gasteiger partial charge >= 0.3 is 39.5 Å². The highest BCUT2D eigenvalue weighted by Gasteiger charge is 2.30. The first kappa shape index (κ1) is 79.1. The first-order valence-corrected chi connectivity index (χ1v) is 35.5. The molecule has 3 N–H and O–H groups in total. The SMILES string of the molecule is CCCCCCCCCC(=O)OC[C@H](COP(=O)(O)OC[C@H](O)COP(=O)(O)OC[C@@H](COC(=O)CCCCCCCCC(C)C)OC(=O)CCCCCCCCCCCCCCCCCC(C)C)OC(=O)CCCCCCCCC. The summed E-state index contributed by atoms with van der Waals surface area (Å²) in [4.78, 5) is 71.8. The van der Waals surface area contributed by atoms with Gasteiger partial charge in [-0.1, -0.05) is 253 Å². The second-order valence-electron chi connectivity index (χ2n) is 23.4. The van der Waals surface area contributed by atoms with Gasteiger partial charge in [0.05, 0.1) is 26.4 Å². The molecule has 0 radical (unpaired) electrons. The third-order valence-electron chi connectivity index (χ3n) is 14.2. The van der Waals surface area contributed by atoms with Crippen LogP contribution in [0.25, 0.3) is 0 Å². The van der Waals surface area contributed by atoms with Crippen molar-refractivity contribution in [2.24, 2.45) is 11.8 Å². The number of hydrogen-bond acceptors (Lipinski definition) is 15. The predicted molar refractivity (Wildman–Crippen MR) is 321 cm³/mol. The number of carbonyl (C=O) groups excluding carboxylic acids is 4. The van der Waals surface area contributed by atoms with Crippen molar-refractivity contribution in [1.29, 1.82) is 0 Å². The van der Waals surface area contributed by atoms with Crippen LogP contribution in [0.5, 0.6) is 0 Å². The summed E-state index contributed by atoms with van der Waals surface area (Å²) < 4.78 is 67.7. The number of unbranched alkanes of at least 4 members (excludes halogenated alkanes) is 31. The van der Waals surface area contributed by atoms with E-state index in [1.165, 1.54) is 89.9 Å². The van der Waals surface area contributed by atoms with E-state index in [1.54, 1.807) is 0 Å². The van der Waals surface area contributed by atoms with E-state index < -0.39 is 97.5 Å². The Kier molecular flexibility index (Phi) is 53.4. The number of phosphoric ester groups is 2. The summed E-state index contributed by atoms with van der Waals surface area (Å²) in [6.45, 7) is 9.34. The summed E-state index contributed by atoms with van der Waals surface area (Å²) >= 11 is 0. The van der Waals surface area contributed by atoms with Crippen LogP contribution < -0.4 is 0 Å². The van der Waals surface area contributed by atoms with Gasteiger partial charge in [-0.3, -0.25) is 37.3 Å². The van der Waals surface area contributed by atoms with Crippen molar-refractivity contribution in [2.75, 3.05) is 39.6 Å². The van der Waals surface area contributed by atoms with E-state index in [-0.39, 0.29) is 25.7 Å². The number of phosphoric acid groups is 2. The highest BCUT2D eigenvalue weighted by Crippen LogP contribution is 2.45. The Morgan fingerprint density at radius 2 is 0.568 bits per heavy atom. The van der Waals surface area contributed by atoms with Gasteiger partial charge in [0.1, 0.15) is 19.3 Å². The first-order chi connectivity index (χ1) is 38.9. The number of hydrogen-bond donors (Lipinski definition) is 3. The van der Waals surface area contributed by atoms with Crippen LogP contribution in [0.1, 0.15) is 305 Å². The zero-order valence-corrected chi connectivity index (χ0v) is 53.9. The van der Waals surface area contributed by atoms with Crippen LogP contribution in [0.2, 0.25) is 0 Å². The molecule has 0 amide bonds. The molecule has 0 rings (SSSR count). The summed E-state index contributed by atoms with van der Waals surface area (Å²) in [5.41, 5.74) is 0. The molecule has 0 aliphatic heterocycles. The second kappa shape index (κ2) is 54.7. The summed E-state index contributed by atoms with van der Waals surface area (Å²) in [5.74, 6) is -0.665. The molecule has 2 unspecified atom stereocenters. The van der Waals surface area contributed by atoms with Gasteiger partial charge < -0.3 is 33.8 Å². The molecule has 17 nitrogen and oxygen atoms in total. The number of carbonyl (C=O) groups is 4. The lowest BCUT2D eigenvalue weighted by molar-refractivity contribution is -0.161. The maximum atomic E-state index is 12.9. The van der Waals surface area contributed by atoms with E-state index in [0.29, 0.717) is 31.6 Å². The van der Waals surface area contributed by atoms with Crippen molar-refractivity contribution in [3.63, 3.8) is 0 Å². The third kappa shape index (κ3) is 56.9. The van der Waals surface area contributed by atoms with Gasteiger partial charge in [-0.05, 0) is 37.5 Å². The minimum absolute atomic E-state index is 0.103. The minimum Gasteiger partial charge on any atom is -0.462 e. The molecule has 5 atom stereocenters. The van der Waals surface area contributed by atoms with Crippen LogP contribution in [-0.4, -0.2) is 96.7 Å². The lowest BCUT2D eigenvalue weighted by Crippen LogP contribution is -2.30. The number of aliphatic hydroxyl groups is 1. The fraction of sp³-hybridized carbons (Fsp3) is 0.935. The zero-order chi connectivity index (χ0) is 60.1. The molecule has 81 heavy (non-hydrogen) atoms. The van der Waals surface area contributed by atoms with Crippen molar-refractivity contribution < 1.29 is 80.2 Å². The highest BCUT2D eigenvalue weighted by atomic mass is 31.2. The average Bonchev–Trinajstić information content (AvgIpc) is 3.42. The van der Waals surface area contributed by atoms with E-state index >= 15 is 0 Å². The van der Waals surface area contributed by atoms with Gasteiger partial charge in [0.25, 0.3) is 0 Å². The molecule has 0 saturated carbocycles. The van der Waals surface area contributed by atoms with Crippen molar-refractivity contribution in [1.82, 2.24) is 0 Å². The maximum absolute atomic E-state index is 12.9. The van der Waals surface area contributed by atoms with Crippen LogP contribution in [0.4, 0.5) is 0 Å². The molecular formula is C62H120O17P2. The highest BCUT2D eigenvalue weighted by molar-refractivity contribution is 7.47. The van der Waals surface area contributed by atoms with E-state index in [2.05, 4.69) is 41.5 Å². The fourth-order valence-corrected chi connectivity index (χ4v) is 10.8. The van der Waals surface area contributed by atoms with E-state index in [9.17, 15) is 43.2 Å². The first-order valence-electron chi connectivity index (χ1n) is 32.5. The number of aliphatic hydroxyl groups excluding tert-OH is 1. The Balaban J connectivity index is 5.12. The number of ether oxygens (including phenoxy) is 4. The number of rotatable bonds is 61. The van der Waals surface area contributed by atoms with E-state index in [4.69, 9.17) is 37.0 Å². The Morgan fingerprint density at radius 1 is 0.333 bits per heavy atom. The summed E-state index contributed by atoms with van der Waals surface area (Å²) in [5, 5.41) is 10.5. The van der Waals surface area contributed by atoms with Crippen molar-refractivity contribution >= 4 is 39.5 Å². The molecule has 480 valence electrons. The lowest BCUT2D eigenvalue weighted by atomic mass is 10.0. The van der Waals surface area contributed by atoms with Crippen LogP contribution >= 0.6 is 15.6 Å². The molecule has 0 saturated heterocycles. The van der Waals surface area contributed by atoms with E-state index in [0.717, 1.165) is 128 Å². The maximum Gasteiger partial charge on any atom is 0.472 e. The van der Waals surface area contributed by atoms with Crippen LogP contribution in [0, 0.1) is 11.8 Å². The molecule has 19 heteroatoms. The van der Waals surface area contributed by atoms with Crippen molar-refractivity contribution in [3.8, 4) is 0 Å². The Bertz CT molecular complexity index is 1600. The molecule has 0 heterocycles. The standard InChI is InChI=1S/C62H120O17P2/c1-7-9-11-13-24-32-38-44-59(64)72-50-57(78-61(66)46-40-34-25-14-12-10-8-2)52-76-80(68,69)74-48-56(63)49-75-81(70,71)77-53-58(51-73-60(65)45-39-33-29-28-31-37-43-55(5)6)79-62(67)47-41-35-27-23-21-19-17-15-16-18-20-22-26-30-36-42-54(3)4/h54-58,63H,7-53H2,1-6H3,(H,68,69)(H,70,71)/t56-,57+,58+/m0/s1. The molecular weight excluding hydrogens is 1080 g/mol. The monoisotopic (exact) mass is 1200 g/mol. The van der Waals surface area contributed by atoms with Gasteiger partial charge in [-0.2, -0.15) is 0 Å². The van der Waals surface area contributed by atoms with Crippen LogP contribution in [0.3, 0.4) is 0 Å². The van der Waals surface area contributed by atoms with Crippen LogP contribution in [0.15, 0.2) is 0 Å². The zero-order valence-electron chi connectivity index (χ0n) is 52.1. The third-order valence-corrected chi connectivity index (χ3v) is 16.1. The quantitative estimate of drug-likeness (QED) is 0.0222. The largest absolute Gasteiger partial charge is 0.472 e. The van der Waals surface area contributed by atoms with Gasteiger partial charge in [-0.25, -0.2) is 9.13 Å². The topological polar surface area (TPSA) is 237 Å². The van der Waals surface area contributed by atoms with Crippen molar-refractivity contribution in [3.05, 3.63) is 0 Å². The fourth-order valence-electron chi connectivity index (χ4n) is 9.18. The molecule has 0 fully saturated rings. The normalized spacial score (nSPS) is 14.4. The van der Waals surface area contributed by atoms with E-state index in [1.807, 2.05) is 0 Å². The van der Waals surface area contributed by atoms with Gasteiger partial charge in [0.15, 0.2) is 12.2 Å². The predicted octanol–water partition coefficient (Wildman–Crippen LogP) is 16.9. The molecule has 0 aromatic rings. The summed E-state index contributed by atoms with van der Waals surface area (Å²) in [6, 6.07) is 0.